The number of rotatable bonds is 14. The van der Waals surface area contributed by atoms with Crippen molar-refractivity contribution in [2.75, 3.05) is 29.1 Å². The Morgan fingerprint density at radius 1 is 0.774 bits per heavy atom. The molecule has 0 fully saturated rings. The number of hydrogen-bond donors (Lipinski definition) is 3. The third kappa shape index (κ3) is 10.0. The monoisotopic (exact) mass is 425 g/mol. The van der Waals surface area contributed by atoms with Crippen molar-refractivity contribution in [1.82, 2.24) is 0 Å². The van der Waals surface area contributed by atoms with Crippen molar-refractivity contribution < 1.29 is 14.3 Å². The van der Waals surface area contributed by atoms with Crippen LogP contribution in [-0.2, 0) is 9.59 Å². The van der Waals surface area contributed by atoms with Crippen LogP contribution in [0.5, 0.6) is 5.75 Å². The SMILES string of the molecule is CCCCCCCOc1ccc(NCC(=O)Nc2cccc(NC(=O)CCC)c2)cc1. The molecule has 0 saturated carbocycles. The smallest absolute Gasteiger partial charge is 0.243 e. The molecule has 2 rings (SSSR count). The van der Waals surface area contributed by atoms with E-state index in [1.165, 1.54) is 25.7 Å². The fourth-order valence-electron chi connectivity index (χ4n) is 3.08. The summed E-state index contributed by atoms with van der Waals surface area (Å²) >= 11 is 0. The van der Waals surface area contributed by atoms with Gasteiger partial charge in [-0.3, -0.25) is 9.59 Å². The zero-order valence-electron chi connectivity index (χ0n) is 18.7. The molecule has 0 aliphatic heterocycles. The summed E-state index contributed by atoms with van der Waals surface area (Å²) in [6.07, 6.45) is 7.35. The number of anilines is 3. The van der Waals surface area contributed by atoms with E-state index in [0.717, 1.165) is 30.9 Å². The second-order valence-electron chi connectivity index (χ2n) is 7.57. The normalized spacial score (nSPS) is 10.4. The minimum absolute atomic E-state index is 0.0310. The van der Waals surface area contributed by atoms with E-state index in [1.54, 1.807) is 24.3 Å². The number of carbonyl (C=O) groups is 2. The van der Waals surface area contributed by atoms with E-state index in [0.29, 0.717) is 17.8 Å². The lowest BCUT2D eigenvalue weighted by Gasteiger charge is -2.11. The van der Waals surface area contributed by atoms with E-state index in [1.807, 2.05) is 31.2 Å². The van der Waals surface area contributed by atoms with Crippen LogP contribution in [0.1, 0.15) is 58.8 Å². The molecule has 0 unspecified atom stereocenters. The van der Waals surface area contributed by atoms with Gasteiger partial charge < -0.3 is 20.7 Å². The molecule has 0 atom stereocenters. The Morgan fingerprint density at radius 3 is 2.13 bits per heavy atom. The van der Waals surface area contributed by atoms with Crippen molar-refractivity contribution in [3.8, 4) is 5.75 Å². The van der Waals surface area contributed by atoms with Gasteiger partial charge in [-0.2, -0.15) is 0 Å². The van der Waals surface area contributed by atoms with Gasteiger partial charge in [0.25, 0.3) is 0 Å². The summed E-state index contributed by atoms with van der Waals surface area (Å²) in [6, 6.07) is 14.8. The summed E-state index contributed by atoms with van der Waals surface area (Å²) in [4.78, 5) is 24.0. The first kappa shape index (κ1) is 24.3. The predicted octanol–water partition coefficient (Wildman–Crippen LogP) is 5.83. The molecule has 2 aromatic carbocycles. The van der Waals surface area contributed by atoms with Crippen LogP contribution in [0.25, 0.3) is 0 Å². The van der Waals surface area contributed by atoms with Crippen LogP contribution < -0.4 is 20.7 Å². The third-order valence-corrected chi connectivity index (χ3v) is 4.73. The first-order chi connectivity index (χ1) is 15.1. The van der Waals surface area contributed by atoms with E-state index in [4.69, 9.17) is 4.74 Å². The molecular formula is C25H35N3O3. The Balaban J connectivity index is 1.72. The molecule has 0 aliphatic rings. The van der Waals surface area contributed by atoms with Crippen molar-refractivity contribution in [2.45, 2.75) is 58.8 Å². The number of hydrogen-bond acceptors (Lipinski definition) is 4. The van der Waals surface area contributed by atoms with Crippen molar-refractivity contribution in [2.24, 2.45) is 0 Å². The van der Waals surface area contributed by atoms with Gasteiger partial charge >= 0.3 is 0 Å². The Morgan fingerprint density at radius 2 is 1.45 bits per heavy atom. The molecule has 0 spiro atoms. The second kappa shape index (κ2) is 14.1. The first-order valence-corrected chi connectivity index (χ1v) is 11.3. The van der Waals surface area contributed by atoms with Crippen LogP contribution in [0.4, 0.5) is 17.1 Å². The standard InChI is InChI=1S/C25H35N3O3/c1-3-5-6-7-8-17-31-23-15-13-20(14-16-23)26-19-25(30)28-22-12-9-11-21(18-22)27-24(29)10-4-2/h9,11-16,18,26H,3-8,10,17,19H2,1-2H3,(H,27,29)(H,28,30). The topological polar surface area (TPSA) is 79.5 Å². The Labute approximate surface area is 185 Å². The molecule has 6 heteroatoms. The zero-order chi connectivity index (χ0) is 22.3. The highest BCUT2D eigenvalue weighted by molar-refractivity contribution is 5.95. The predicted molar refractivity (Wildman–Crippen MR) is 128 cm³/mol. The van der Waals surface area contributed by atoms with E-state index in [2.05, 4.69) is 22.9 Å². The average molecular weight is 426 g/mol. The summed E-state index contributed by atoms with van der Waals surface area (Å²) < 4.78 is 5.76. The minimum atomic E-state index is -0.163. The fraction of sp³-hybridized carbons (Fsp3) is 0.440. The number of benzene rings is 2. The van der Waals surface area contributed by atoms with Crippen molar-refractivity contribution >= 4 is 28.9 Å². The molecule has 2 aromatic rings. The molecule has 6 nitrogen and oxygen atoms in total. The summed E-state index contributed by atoms with van der Waals surface area (Å²) in [7, 11) is 0. The molecule has 0 aromatic heterocycles. The van der Waals surface area contributed by atoms with Gasteiger partial charge in [0.2, 0.25) is 11.8 Å². The van der Waals surface area contributed by atoms with Gasteiger partial charge in [-0.1, -0.05) is 45.6 Å². The molecule has 2 amide bonds. The van der Waals surface area contributed by atoms with Crippen LogP contribution in [0.15, 0.2) is 48.5 Å². The Hall–Kier alpha value is -3.02. The molecule has 3 N–H and O–H groups in total. The third-order valence-electron chi connectivity index (χ3n) is 4.73. The molecule has 0 heterocycles. The van der Waals surface area contributed by atoms with Crippen LogP contribution in [-0.4, -0.2) is 25.0 Å². The van der Waals surface area contributed by atoms with E-state index in [-0.39, 0.29) is 18.4 Å². The Bertz CT molecular complexity index is 806. The fourth-order valence-corrected chi connectivity index (χ4v) is 3.08. The first-order valence-electron chi connectivity index (χ1n) is 11.3. The number of unbranched alkanes of at least 4 members (excludes halogenated alkanes) is 4. The highest BCUT2D eigenvalue weighted by Crippen LogP contribution is 2.17. The summed E-state index contributed by atoms with van der Waals surface area (Å²) in [5.41, 5.74) is 2.17. The van der Waals surface area contributed by atoms with Gasteiger partial charge in [-0.25, -0.2) is 0 Å². The molecule has 0 radical (unpaired) electrons. The van der Waals surface area contributed by atoms with Gasteiger partial charge in [-0.05, 0) is 55.3 Å². The van der Waals surface area contributed by atoms with Gasteiger partial charge in [0.1, 0.15) is 5.75 Å². The summed E-state index contributed by atoms with van der Waals surface area (Å²) in [6.45, 7) is 5.05. The molecule has 0 bridgehead atoms. The summed E-state index contributed by atoms with van der Waals surface area (Å²) in [5.74, 6) is 0.647. The van der Waals surface area contributed by atoms with Gasteiger partial charge in [0, 0.05) is 23.5 Å². The maximum Gasteiger partial charge on any atom is 0.243 e. The van der Waals surface area contributed by atoms with E-state index in [9.17, 15) is 9.59 Å². The van der Waals surface area contributed by atoms with Gasteiger partial charge in [0.15, 0.2) is 0 Å². The number of amides is 2. The molecule has 0 saturated heterocycles. The van der Waals surface area contributed by atoms with E-state index < -0.39 is 0 Å². The van der Waals surface area contributed by atoms with Crippen LogP contribution in [0, 0.1) is 0 Å². The lowest BCUT2D eigenvalue weighted by Crippen LogP contribution is -2.21. The zero-order valence-corrected chi connectivity index (χ0v) is 18.7. The Kier molecular flexibility index (Phi) is 11.0. The van der Waals surface area contributed by atoms with Gasteiger partial charge in [0.05, 0.1) is 13.2 Å². The van der Waals surface area contributed by atoms with E-state index >= 15 is 0 Å². The number of carbonyl (C=O) groups excluding carboxylic acids is 2. The lowest BCUT2D eigenvalue weighted by atomic mass is 10.2. The molecule has 168 valence electrons. The highest BCUT2D eigenvalue weighted by atomic mass is 16.5. The summed E-state index contributed by atoms with van der Waals surface area (Å²) in [5, 5.41) is 8.78. The maximum atomic E-state index is 12.3. The largest absolute Gasteiger partial charge is 0.494 e. The number of nitrogens with one attached hydrogen (secondary N) is 3. The average Bonchev–Trinajstić information content (AvgIpc) is 2.76. The maximum absolute atomic E-state index is 12.3. The van der Waals surface area contributed by atoms with Crippen molar-refractivity contribution in [3.05, 3.63) is 48.5 Å². The number of ether oxygens (including phenoxy) is 1. The molecular weight excluding hydrogens is 390 g/mol. The van der Waals surface area contributed by atoms with Crippen LogP contribution in [0.3, 0.4) is 0 Å². The second-order valence-corrected chi connectivity index (χ2v) is 7.57. The van der Waals surface area contributed by atoms with Gasteiger partial charge in [-0.15, -0.1) is 0 Å². The molecule has 31 heavy (non-hydrogen) atoms. The molecule has 0 aliphatic carbocycles. The minimum Gasteiger partial charge on any atom is -0.494 e. The van der Waals surface area contributed by atoms with Crippen LogP contribution >= 0.6 is 0 Å². The lowest BCUT2D eigenvalue weighted by molar-refractivity contribution is -0.116. The quantitative estimate of drug-likeness (QED) is 0.333. The van der Waals surface area contributed by atoms with Crippen molar-refractivity contribution in [1.29, 1.82) is 0 Å². The van der Waals surface area contributed by atoms with Crippen LogP contribution in [0.2, 0.25) is 0 Å². The highest BCUT2D eigenvalue weighted by Gasteiger charge is 2.05. The van der Waals surface area contributed by atoms with Crippen molar-refractivity contribution in [3.63, 3.8) is 0 Å².